The van der Waals surface area contributed by atoms with Crippen LogP contribution in [0.5, 0.6) is 0 Å². The minimum atomic E-state index is -0.492. The van der Waals surface area contributed by atoms with Gasteiger partial charge in [0.05, 0.1) is 11.6 Å². The van der Waals surface area contributed by atoms with Crippen molar-refractivity contribution in [3.05, 3.63) is 54.3 Å². The SMILES string of the molecule is O=C(Nc1ccc(N2CCCCC2)cc1)[C@H]1CC(=O)N(c2ccccc2F)C1. The minimum absolute atomic E-state index is 0.0893. The van der Waals surface area contributed by atoms with Crippen molar-refractivity contribution in [1.29, 1.82) is 0 Å². The number of carbonyl (C=O) groups excluding carboxylic acids is 2. The molecule has 5 nitrogen and oxygen atoms in total. The normalized spacial score (nSPS) is 19.8. The van der Waals surface area contributed by atoms with Crippen molar-refractivity contribution >= 4 is 28.9 Å². The summed E-state index contributed by atoms with van der Waals surface area (Å²) in [5.41, 5.74) is 2.11. The monoisotopic (exact) mass is 381 g/mol. The Hall–Kier alpha value is -2.89. The third-order valence-corrected chi connectivity index (χ3v) is 5.50. The molecular weight excluding hydrogens is 357 g/mol. The standard InChI is InChI=1S/C22H24FN3O2/c23-19-6-2-3-7-20(19)26-15-16(14-21(26)27)22(28)24-17-8-10-18(11-9-17)25-12-4-1-5-13-25/h2-3,6-11,16H,1,4-5,12-15H2,(H,24,28)/t16-/m0/s1. The van der Waals surface area contributed by atoms with Gasteiger partial charge in [-0.3, -0.25) is 9.59 Å². The van der Waals surface area contributed by atoms with E-state index in [0.717, 1.165) is 13.1 Å². The molecule has 2 aliphatic rings. The summed E-state index contributed by atoms with van der Waals surface area (Å²) in [6, 6.07) is 14.0. The Morgan fingerprint density at radius 2 is 1.71 bits per heavy atom. The van der Waals surface area contributed by atoms with Crippen LogP contribution in [0.3, 0.4) is 0 Å². The van der Waals surface area contributed by atoms with Crippen LogP contribution in [0.25, 0.3) is 0 Å². The van der Waals surface area contributed by atoms with Crippen molar-refractivity contribution in [2.45, 2.75) is 25.7 Å². The third kappa shape index (κ3) is 3.86. The number of rotatable bonds is 4. The van der Waals surface area contributed by atoms with Crippen LogP contribution in [0.1, 0.15) is 25.7 Å². The highest BCUT2D eigenvalue weighted by atomic mass is 19.1. The molecule has 4 rings (SSSR count). The highest BCUT2D eigenvalue weighted by Crippen LogP contribution is 2.28. The Balaban J connectivity index is 1.39. The Morgan fingerprint density at radius 1 is 1.00 bits per heavy atom. The van der Waals surface area contributed by atoms with E-state index in [2.05, 4.69) is 10.2 Å². The van der Waals surface area contributed by atoms with Crippen LogP contribution in [0.4, 0.5) is 21.5 Å². The van der Waals surface area contributed by atoms with Gasteiger partial charge in [-0.05, 0) is 55.7 Å². The summed E-state index contributed by atoms with van der Waals surface area (Å²) >= 11 is 0. The number of hydrogen-bond acceptors (Lipinski definition) is 3. The van der Waals surface area contributed by atoms with Crippen LogP contribution in [0.2, 0.25) is 0 Å². The molecule has 6 heteroatoms. The molecule has 2 heterocycles. The van der Waals surface area contributed by atoms with E-state index in [0.29, 0.717) is 5.69 Å². The van der Waals surface area contributed by atoms with Gasteiger partial charge in [0.1, 0.15) is 5.82 Å². The average Bonchev–Trinajstić information content (AvgIpc) is 3.11. The fourth-order valence-electron chi connectivity index (χ4n) is 3.94. The van der Waals surface area contributed by atoms with Gasteiger partial charge in [-0.15, -0.1) is 0 Å². The average molecular weight is 381 g/mol. The molecule has 2 aliphatic heterocycles. The molecule has 2 amide bonds. The molecule has 0 spiro atoms. The first-order chi connectivity index (χ1) is 13.6. The van der Waals surface area contributed by atoms with E-state index in [4.69, 9.17) is 0 Å². The molecule has 2 aromatic carbocycles. The lowest BCUT2D eigenvalue weighted by Gasteiger charge is -2.28. The van der Waals surface area contributed by atoms with Gasteiger partial charge in [-0.1, -0.05) is 12.1 Å². The van der Waals surface area contributed by atoms with E-state index in [1.54, 1.807) is 18.2 Å². The maximum atomic E-state index is 14.0. The molecular formula is C22H24FN3O2. The zero-order chi connectivity index (χ0) is 19.5. The number of benzene rings is 2. The molecule has 2 aromatic rings. The summed E-state index contributed by atoms with van der Waals surface area (Å²) in [5.74, 6) is -1.39. The molecule has 0 bridgehead atoms. The molecule has 1 atom stereocenters. The zero-order valence-corrected chi connectivity index (χ0v) is 15.7. The molecule has 146 valence electrons. The lowest BCUT2D eigenvalue weighted by Crippen LogP contribution is -2.29. The molecule has 0 aromatic heterocycles. The van der Waals surface area contributed by atoms with Gasteiger partial charge in [0, 0.05) is 37.4 Å². The minimum Gasteiger partial charge on any atom is -0.372 e. The Morgan fingerprint density at radius 3 is 2.43 bits per heavy atom. The highest BCUT2D eigenvalue weighted by Gasteiger charge is 2.36. The number of halogens is 1. The Bertz CT molecular complexity index is 862. The summed E-state index contributed by atoms with van der Waals surface area (Å²) in [7, 11) is 0. The molecule has 0 saturated carbocycles. The van der Waals surface area contributed by atoms with Gasteiger partial charge >= 0.3 is 0 Å². The van der Waals surface area contributed by atoms with Crippen molar-refractivity contribution in [3.63, 3.8) is 0 Å². The van der Waals surface area contributed by atoms with Gasteiger partial charge in [-0.25, -0.2) is 4.39 Å². The van der Waals surface area contributed by atoms with Crippen LogP contribution in [-0.4, -0.2) is 31.4 Å². The lowest BCUT2D eigenvalue weighted by atomic mass is 10.1. The van der Waals surface area contributed by atoms with Crippen LogP contribution < -0.4 is 15.1 Å². The predicted octanol–water partition coefficient (Wildman–Crippen LogP) is 3.81. The molecule has 1 N–H and O–H groups in total. The fourth-order valence-corrected chi connectivity index (χ4v) is 3.94. The maximum absolute atomic E-state index is 14.0. The molecule has 2 fully saturated rings. The molecule has 28 heavy (non-hydrogen) atoms. The number of anilines is 3. The number of hydrogen-bond donors (Lipinski definition) is 1. The first kappa shape index (κ1) is 18.5. The van der Waals surface area contributed by atoms with Crippen molar-refractivity contribution in [2.75, 3.05) is 34.8 Å². The van der Waals surface area contributed by atoms with Crippen molar-refractivity contribution in [3.8, 4) is 0 Å². The van der Waals surface area contributed by atoms with E-state index >= 15 is 0 Å². The number of amides is 2. The second kappa shape index (κ2) is 8.00. The summed E-state index contributed by atoms with van der Waals surface area (Å²) in [5, 5.41) is 2.89. The summed E-state index contributed by atoms with van der Waals surface area (Å²) in [6.45, 7) is 2.33. The van der Waals surface area contributed by atoms with Gasteiger partial charge in [-0.2, -0.15) is 0 Å². The highest BCUT2D eigenvalue weighted by molar-refractivity contribution is 6.03. The van der Waals surface area contributed by atoms with E-state index in [-0.39, 0.29) is 30.5 Å². The fraction of sp³-hybridized carbons (Fsp3) is 0.364. The van der Waals surface area contributed by atoms with Crippen molar-refractivity contribution in [2.24, 2.45) is 5.92 Å². The van der Waals surface area contributed by atoms with Gasteiger partial charge in [0.25, 0.3) is 0 Å². The summed E-state index contributed by atoms with van der Waals surface area (Å²) < 4.78 is 14.0. The van der Waals surface area contributed by atoms with Crippen molar-refractivity contribution < 1.29 is 14.0 Å². The van der Waals surface area contributed by atoms with Gasteiger partial charge in [0.2, 0.25) is 11.8 Å². The Kier molecular flexibility index (Phi) is 5.28. The summed E-state index contributed by atoms with van der Waals surface area (Å²) in [4.78, 5) is 28.6. The van der Waals surface area contributed by atoms with Gasteiger partial charge in [0.15, 0.2) is 0 Å². The molecule has 2 saturated heterocycles. The van der Waals surface area contributed by atoms with E-state index in [9.17, 15) is 14.0 Å². The Labute approximate surface area is 164 Å². The number of nitrogens with one attached hydrogen (secondary N) is 1. The van der Waals surface area contributed by atoms with Crippen LogP contribution in [-0.2, 0) is 9.59 Å². The number of piperidine rings is 1. The molecule has 0 unspecified atom stereocenters. The predicted molar refractivity (Wildman–Crippen MR) is 108 cm³/mol. The van der Waals surface area contributed by atoms with Crippen LogP contribution >= 0.6 is 0 Å². The lowest BCUT2D eigenvalue weighted by molar-refractivity contribution is -0.122. The number of carbonyl (C=O) groups is 2. The van der Waals surface area contributed by atoms with Crippen LogP contribution in [0, 0.1) is 11.7 Å². The largest absolute Gasteiger partial charge is 0.372 e. The first-order valence-electron chi connectivity index (χ1n) is 9.82. The zero-order valence-electron chi connectivity index (χ0n) is 15.7. The number of para-hydroxylation sites is 1. The smallest absolute Gasteiger partial charge is 0.229 e. The second-order valence-corrected chi connectivity index (χ2v) is 7.44. The first-order valence-corrected chi connectivity index (χ1v) is 9.82. The molecule has 0 radical (unpaired) electrons. The van der Waals surface area contributed by atoms with Crippen molar-refractivity contribution in [1.82, 2.24) is 0 Å². The topological polar surface area (TPSA) is 52.7 Å². The molecule has 0 aliphatic carbocycles. The van der Waals surface area contributed by atoms with E-state index < -0.39 is 11.7 Å². The van der Waals surface area contributed by atoms with Gasteiger partial charge < -0.3 is 15.1 Å². The third-order valence-electron chi connectivity index (χ3n) is 5.50. The maximum Gasteiger partial charge on any atom is 0.229 e. The van der Waals surface area contributed by atoms with E-state index in [1.165, 1.54) is 35.9 Å². The second-order valence-electron chi connectivity index (χ2n) is 7.44. The van der Waals surface area contributed by atoms with Crippen LogP contribution in [0.15, 0.2) is 48.5 Å². The summed E-state index contributed by atoms with van der Waals surface area (Å²) in [6.07, 6.45) is 3.81. The van der Waals surface area contributed by atoms with E-state index in [1.807, 2.05) is 24.3 Å². The quantitative estimate of drug-likeness (QED) is 0.876. The number of nitrogens with zero attached hydrogens (tertiary/aromatic N) is 2.